The molecule has 5 rings (SSSR count). The molecule has 158 valence electrons. The van der Waals surface area contributed by atoms with Crippen LogP contribution in [-0.2, 0) is 11.2 Å². The van der Waals surface area contributed by atoms with Gasteiger partial charge in [-0.05, 0) is 30.2 Å². The molecule has 0 bridgehead atoms. The molecule has 2 aromatic carbocycles. The molecular formula is C24H19N5O2S. The first-order valence-corrected chi connectivity index (χ1v) is 10.9. The standard InChI is InChI=1S/C24H19N5O2S/c1-16-21(18-8-4-2-5-9-18)22-23(32-16)25-15-29(24(22)31)27-20(30)12-17-13-26-28(14-17)19-10-6-3-7-11-19/h2-11,13-15H,12H2,1H3,(H,27,30). The van der Waals surface area contributed by atoms with Crippen LogP contribution in [0, 0.1) is 6.92 Å². The highest BCUT2D eigenvalue weighted by Crippen LogP contribution is 2.35. The lowest BCUT2D eigenvalue weighted by Crippen LogP contribution is -2.33. The van der Waals surface area contributed by atoms with E-state index < -0.39 is 0 Å². The van der Waals surface area contributed by atoms with E-state index in [-0.39, 0.29) is 17.9 Å². The van der Waals surface area contributed by atoms with E-state index in [9.17, 15) is 9.59 Å². The SMILES string of the molecule is Cc1sc2ncn(NC(=O)Cc3cnn(-c4ccccc4)c3)c(=O)c2c1-c1ccccc1. The number of aromatic nitrogens is 4. The molecule has 0 aliphatic carbocycles. The largest absolute Gasteiger partial charge is 0.281 e. The van der Waals surface area contributed by atoms with Crippen molar-refractivity contribution in [2.24, 2.45) is 0 Å². The molecule has 0 spiro atoms. The van der Waals surface area contributed by atoms with Crippen molar-refractivity contribution in [3.63, 3.8) is 0 Å². The number of hydrogen-bond donors (Lipinski definition) is 1. The number of fused-ring (bicyclic) bond motifs is 1. The summed E-state index contributed by atoms with van der Waals surface area (Å²) in [4.78, 5) is 31.9. The molecular weight excluding hydrogens is 422 g/mol. The molecule has 5 aromatic rings. The first kappa shape index (κ1) is 19.9. The molecule has 0 fully saturated rings. The van der Waals surface area contributed by atoms with Gasteiger partial charge in [0.1, 0.15) is 11.2 Å². The minimum atomic E-state index is -0.325. The summed E-state index contributed by atoms with van der Waals surface area (Å²) in [5, 5.41) is 4.82. The normalized spacial score (nSPS) is 11.0. The zero-order valence-electron chi connectivity index (χ0n) is 17.2. The molecule has 0 aliphatic heterocycles. The van der Waals surface area contributed by atoms with Gasteiger partial charge < -0.3 is 0 Å². The van der Waals surface area contributed by atoms with Crippen molar-refractivity contribution in [1.82, 2.24) is 19.4 Å². The Bertz CT molecular complexity index is 1470. The van der Waals surface area contributed by atoms with E-state index in [0.29, 0.717) is 10.2 Å². The van der Waals surface area contributed by atoms with Crippen LogP contribution >= 0.6 is 11.3 Å². The van der Waals surface area contributed by atoms with Crippen molar-refractivity contribution in [3.05, 3.63) is 100 Å². The van der Waals surface area contributed by atoms with Crippen molar-refractivity contribution in [2.45, 2.75) is 13.3 Å². The van der Waals surface area contributed by atoms with Crippen molar-refractivity contribution < 1.29 is 4.79 Å². The number of nitrogens with one attached hydrogen (secondary N) is 1. The Labute approximate surface area is 187 Å². The average Bonchev–Trinajstić information content (AvgIpc) is 3.41. The van der Waals surface area contributed by atoms with Crippen LogP contribution in [0.15, 0.2) is 84.2 Å². The quantitative estimate of drug-likeness (QED) is 0.448. The van der Waals surface area contributed by atoms with Gasteiger partial charge in [-0.1, -0.05) is 48.5 Å². The molecule has 32 heavy (non-hydrogen) atoms. The van der Waals surface area contributed by atoms with E-state index in [1.807, 2.05) is 67.6 Å². The molecule has 0 unspecified atom stereocenters. The summed E-state index contributed by atoms with van der Waals surface area (Å²) in [7, 11) is 0. The van der Waals surface area contributed by atoms with Crippen LogP contribution < -0.4 is 11.0 Å². The van der Waals surface area contributed by atoms with Gasteiger partial charge in [0.15, 0.2) is 0 Å². The number of hydrogen-bond acceptors (Lipinski definition) is 5. The fourth-order valence-electron chi connectivity index (χ4n) is 3.67. The fourth-order valence-corrected chi connectivity index (χ4v) is 4.67. The summed E-state index contributed by atoms with van der Waals surface area (Å²) >= 11 is 1.47. The van der Waals surface area contributed by atoms with E-state index in [0.717, 1.165) is 31.9 Å². The van der Waals surface area contributed by atoms with Gasteiger partial charge >= 0.3 is 0 Å². The highest BCUT2D eigenvalue weighted by Gasteiger charge is 2.17. The molecule has 1 N–H and O–H groups in total. The summed E-state index contributed by atoms with van der Waals surface area (Å²) in [5.74, 6) is -0.325. The Morgan fingerprint density at radius 2 is 1.78 bits per heavy atom. The lowest BCUT2D eigenvalue weighted by atomic mass is 10.0. The molecule has 0 saturated carbocycles. The molecule has 1 amide bonds. The van der Waals surface area contributed by atoms with E-state index in [2.05, 4.69) is 15.5 Å². The topological polar surface area (TPSA) is 81.8 Å². The number of carbonyl (C=O) groups excluding carboxylic acids is 1. The summed E-state index contributed by atoms with van der Waals surface area (Å²) in [6.45, 7) is 1.97. The molecule has 0 aliphatic rings. The highest BCUT2D eigenvalue weighted by molar-refractivity contribution is 7.19. The van der Waals surface area contributed by atoms with Crippen molar-refractivity contribution in [2.75, 3.05) is 5.43 Å². The van der Waals surface area contributed by atoms with Gasteiger partial charge in [-0.2, -0.15) is 5.10 Å². The molecule has 3 heterocycles. The minimum absolute atomic E-state index is 0.0888. The van der Waals surface area contributed by atoms with E-state index >= 15 is 0 Å². The molecule has 7 nitrogen and oxygen atoms in total. The Kier molecular flexibility index (Phi) is 5.12. The highest BCUT2D eigenvalue weighted by atomic mass is 32.1. The molecule has 0 saturated heterocycles. The van der Waals surface area contributed by atoms with Crippen molar-refractivity contribution in [1.29, 1.82) is 0 Å². The zero-order chi connectivity index (χ0) is 22.1. The van der Waals surface area contributed by atoms with E-state index in [4.69, 9.17) is 0 Å². The summed E-state index contributed by atoms with van der Waals surface area (Å²) in [5.41, 5.74) is 5.82. The number of amides is 1. The third kappa shape index (κ3) is 3.72. The lowest BCUT2D eigenvalue weighted by Gasteiger charge is -2.08. The molecule has 8 heteroatoms. The number of para-hydroxylation sites is 1. The number of benzene rings is 2. The molecule has 0 atom stereocenters. The summed E-state index contributed by atoms with van der Waals surface area (Å²) in [6, 6.07) is 19.4. The Balaban J connectivity index is 1.41. The van der Waals surface area contributed by atoms with E-state index in [1.165, 1.54) is 17.7 Å². The van der Waals surface area contributed by atoms with Crippen LogP contribution in [-0.4, -0.2) is 25.3 Å². The Morgan fingerprint density at radius 3 is 2.53 bits per heavy atom. The zero-order valence-corrected chi connectivity index (χ0v) is 18.0. The first-order valence-electron chi connectivity index (χ1n) is 10.0. The molecule has 3 aromatic heterocycles. The number of aryl methyl sites for hydroxylation is 1. The monoisotopic (exact) mass is 441 g/mol. The van der Waals surface area contributed by atoms with Crippen molar-refractivity contribution >= 4 is 27.5 Å². The number of rotatable bonds is 5. The average molecular weight is 442 g/mol. The Hall–Kier alpha value is -4.04. The second-order valence-corrected chi connectivity index (χ2v) is 8.54. The number of nitrogens with zero attached hydrogens (tertiary/aromatic N) is 4. The van der Waals surface area contributed by atoms with Crippen LogP contribution in [0.4, 0.5) is 0 Å². The number of carbonyl (C=O) groups is 1. The van der Waals surface area contributed by atoms with Gasteiger partial charge in [0, 0.05) is 16.6 Å². The minimum Gasteiger partial charge on any atom is -0.273 e. The second kappa shape index (κ2) is 8.24. The first-order chi connectivity index (χ1) is 15.6. The third-order valence-electron chi connectivity index (χ3n) is 5.12. The van der Waals surface area contributed by atoms with Crippen LogP contribution in [0.2, 0.25) is 0 Å². The van der Waals surface area contributed by atoms with Gasteiger partial charge in [0.2, 0.25) is 5.91 Å². The third-order valence-corrected chi connectivity index (χ3v) is 6.13. The summed E-state index contributed by atoms with van der Waals surface area (Å²) in [6.07, 6.45) is 4.90. The maximum absolute atomic E-state index is 13.2. The predicted molar refractivity (Wildman–Crippen MR) is 126 cm³/mol. The van der Waals surface area contributed by atoms with Gasteiger partial charge in [-0.25, -0.2) is 14.3 Å². The Morgan fingerprint density at radius 1 is 1.06 bits per heavy atom. The second-order valence-electron chi connectivity index (χ2n) is 7.34. The van der Waals surface area contributed by atoms with Crippen LogP contribution in [0.3, 0.4) is 0 Å². The van der Waals surface area contributed by atoms with Crippen LogP contribution in [0.5, 0.6) is 0 Å². The van der Waals surface area contributed by atoms with Gasteiger partial charge in [0.05, 0.1) is 23.7 Å². The lowest BCUT2D eigenvalue weighted by molar-refractivity contribution is -0.116. The maximum Gasteiger partial charge on any atom is 0.281 e. The fraction of sp³-hybridized carbons (Fsp3) is 0.0833. The van der Waals surface area contributed by atoms with Crippen LogP contribution in [0.25, 0.3) is 27.0 Å². The van der Waals surface area contributed by atoms with Gasteiger partial charge in [0.25, 0.3) is 5.56 Å². The van der Waals surface area contributed by atoms with E-state index in [1.54, 1.807) is 17.1 Å². The summed E-state index contributed by atoms with van der Waals surface area (Å²) < 4.78 is 2.87. The van der Waals surface area contributed by atoms with Gasteiger partial charge in [-0.15, -0.1) is 11.3 Å². The number of thiophene rings is 1. The van der Waals surface area contributed by atoms with Gasteiger partial charge in [-0.3, -0.25) is 15.0 Å². The smallest absolute Gasteiger partial charge is 0.273 e. The van der Waals surface area contributed by atoms with Crippen molar-refractivity contribution in [3.8, 4) is 16.8 Å². The molecule has 0 radical (unpaired) electrons. The van der Waals surface area contributed by atoms with Crippen LogP contribution in [0.1, 0.15) is 10.4 Å². The maximum atomic E-state index is 13.2. The predicted octanol–water partition coefficient (Wildman–Crippen LogP) is 3.93.